The van der Waals surface area contributed by atoms with Gasteiger partial charge in [-0.05, 0) is 0 Å². The summed E-state index contributed by atoms with van der Waals surface area (Å²) < 4.78 is 0. The van der Waals surface area contributed by atoms with Gasteiger partial charge in [-0.25, -0.2) is 0 Å². The summed E-state index contributed by atoms with van der Waals surface area (Å²) in [5.41, 5.74) is 1.22. The minimum Gasteiger partial charge on any atom is -0.431 e. The normalized spacial score (nSPS) is 20.5. The van der Waals surface area contributed by atoms with Gasteiger partial charge in [0.1, 0.15) is 0 Å². The summed E-state index contributed by atoms with van der Waals surface area (Å²) in [6.45, 7) is 4.00. The van der Waals surface area contributed by atoms with Crippen LogP contribution in [0, 0.1) is 11.8 Å². The summed E-state index contributed by atoms with van der Waals surface area (Å²) in [7, 11) is 1.80. The van der Waals surface area contributed by atoms with Crippen molar-refractivity contribution in [3.05, 3.63) is 22.3 Å². The fourth-order valence-corrected chi connectivity index (χ4v) is 2.24. The van der Waals surface area contributed by atoms with Gasteiger partial charge in [0, 0.05) is 44.6 Å². The Balaban J connectivity index is 0.000000617. The maximum atomic E-state index is 4.08. The molecule has 1 atom stereocenters. The molecule has 83 valence electrons. The van der Waals surface area contributed by atoms with E-state index in [2.05, 4.69) is 21.8 Å². The fourth-order valence-electron chi connectivity index (χ4n) is 1.58. The van der Waals surface area contributed by atoms with Crippen molar-refractivity contribution in [2.24, 2.45) is 4.99 Å². The molecule has 1 aliphatic rings. The third-order valence-corrected chi connectivity index (χ3v) is 3.04. The van der Waals surface area contributed by atoms with Crippen LogP contribution in [0.2, 0.25) is 0 Å². The molecule has 1 fully saturated rings. The first-order valence-electron chi connectivity index (χ1n) is 5.27. The third-order valence-electron chi connectivity index (χ3n) is 2.24. The molecule has 1 aromatic heterocycles. The Bertz CT molecular complexity index is 310. The van der Waals surface area contributed by atoms with Crippen molar-refractivity contribution < 1.29 is 32.7 Å². The molecule has 0 saturated heterocycles. The number of aromatic amines is 1. The molecule has 1 unspecified atom stereocenters. The fraction of sp³-hybridized carbons (Fsp3) is 0.636. The van der Waals surface area contributed by atoms with E-state index in [0.717, 1.165) is 4.80 Å². The second-order valence-electron chi connectivity index (χ2n) is 3.04. The van der Waals surface area contributed by atoms with Crippen molar-refractivity contribution in [3.63, 3.8) is 0 Å². The van der Waals surface area contributed by atoms with Crippen molar-refractivity contribution in [3.8, 4) is 0 Å². The van der Waals surface area contributed by atoms with Crippen LogP contribution in [0.1, 0.15) is 44.7 Å². The minimum atomic E-state index is 0. The van der Waals surface area contributed by atoms with Gasteiger partial charge in [-0.3, -0.25) is 0 Å². The van der Waals surface area contributed by atoms with Gasteiger partial charge in [0.05, 0.1) is 0 Å². The third kappa shape index (κ3) is 4.50. The average molecular weight is 299 g/mol. The van der Waals surface area contributed by atoms with Crippen molar-refractivity contribution in [1.29, 1.82) is 0 Å². The topological polar surface area (TPSA) is 28.1 Å². The molecule has 1 radical (unpaired) electrons. The Morgan fingerprint density at radius 1 is 1.53 bits per heavy atom. The van der Waals surface area contributed by atoms with E-state index in [9.17, 15) is 0 Å². The Labute approximate surface area is 121 Å². The average Bonchev–Trinajstić information content (AvgIpc) is 2.91. The number of H-pyrrole nitrogens is 1. The minimum absolute atomic E-state index is 0. The van der Waals surface area contributed by atoms with E-state index in [1.54, 1.807) is 18.4 Å². The number of nitrogens with zero attached hydrogens (tertiary/aromatic N) is 1. The van der Waals surface area contributed by atoms with Crippen LogP contribution in [-0.2, 0) is 32.7 Å². The van der Waals surface area contributed by atoms with Crippen LogP contribution >= 0.6 is 11.3 Å². The molecule has 0 amide bonds. The predicted molar refractivity (Wildman–Crippen MR) is 61.2 cm³/mol. The number of rotatable bonds is 1. The molecular weight excluding hydrogens is 281 g/mol. The molecule has 1 aromatic rings. The van der Waals surface area contributed by atoms with E-state index in [4.69, 9.17) is 0 Å². The van der Waals surface area contributed by atoms with E-state index in [0.29, 0.717) is 5.92 Å². The van der Waals surface area contributed by atoms with Crippen LogP contribution in [0.25, 0.3) is 0 Å². The summed E-state index contributed by atoms with van der Waals surface area (Å²) in [5, 5.41) is 3.26. The summed E-state index contributed by atoms with van der Waals surface area (Å²) >= 11 is 1.57. The molecular formula is C11H18N2SY-2. The number of hydrogen-bond acceptors (Lipinski definition) is 2. The van der Waals surface area contributed by atoms with Crippen molar-refractivity contribution in [2.45, 2.75) is 39.0 Å². The molecule has 0 spiro atoms. The number of thiazole rings is 1. The molecule has 0 bridgehead atoms. The Morgan fingerprint density at radius 2 is 2.27 bits per heavy atom. The van der Waals surface area contributed by atoms with Gasteiger partial charge < -0.3 is 27.7 Å². The maximum absolute atomic E-state index is 4.08. The van der Waals surface area contributed by atoms with Crippen LogP contribution in [0.15, 0.2) is 4.99 Å². The van der Waals surface area contributed by atoms with E-state index in [1.807, 2.05) is 13.8 Å². The molecule has 1 N–H and O–H groups in total. The predicted octanol–water partition coefficient (Wildman–Crippen LogP) is 2.90. The molecule has 15 heavy (non-hydrogen) atoms. The Hall–Kier alpha value is 0.534. The maximum Gasteiger partial charge on any atom is 0.0236 e. The molecule has 1 heterocycles. The van der Waals surface area contributed by atoms with Gasteiger partial charge in [-0.1, -0.05) is 26.7 Å². The zero-order valence-electron chi connectivity index (χ0n) is 9.71. The molecule has 0 aliphatic heterocycles. The first-order chi connectivity index (χ1) is 6.90. The Kier molecular flexibility index (Phi) is 8.97. The van der Waals surface area contributed by atoms with Crippen molar-refractivity contribution in [1.82, 2.24) is 4.98 Å². The molecule has 2 rings (SSSR count). The van der Waals surface area contributed by atoms with E-state index < -0.39 is 0 Å². The van der Waals surface area contributed by atoms with Gasteiger partial charge in [-0.15, -0.1) is 11.6 Å². The first kappa shape index (κ1) is 15.5. The van der Waals surface area contributed by atoms with E-state index >= 15 is 0 Å². The Morgan fingerprint density at radius 3 is 2.73 bits per heavy atom. The quantitative estimate of drug-likeness (QED) is 0.773. The molecule has 2 nitrogen and oxygen atoms in total. The summed E-state index contributed by atoms with van der Waals surface area (Å²) in [4.78, 5) is 8.33. The van der Waals surface area contributed by atoms with E-state index in [1.165, 1.54) is 25.0 Å². The molecule has 4 heteroatoms. The van der Waals surface area contributed by atoms with Crippen LogP contribution in [-0.4, -0.2) is 12.0 Å². The number of hydrogen-bond donors (Lipinski definition) is 1. The standard InChI is InChI=1S/C9H12N2S.C2H6.Y/c1-10-9-11-8(6-12-9)7-4-2-3-5-7;1-2;/h4,7H,2-3,5H2,1H3,(H,10,11);1-2H3;/q-2;;. The van der Waals surface area contributed by atoms with Gasteiger partial charge in [-0.2, -0.15) is 11.8 Å². The van der Waals surface area contributed by atoms with Gasteiger partial charge >= 0.3 is 0 Å². The van der Waals surface area contributed by atoms with E-state index in [-0.39, 0.29) is 32.7 Å². The van der Waals surface area contributed by atoms with Gasteiger partial charge in [0.15, 0.2) is 0 Å². The van der Waals surface area contributed by atoms with Crippen LogP contribution in [0.4, 0.5) is 0 Å². The number of nitrogens with one attached hydrogen (secondary N) is 1. The smallest absolute Gasteiger partial charge is 0.0236 e. The second kappa shape index (κ2) is 8.66. The van der Waals surface area contributed by atoms with Crippen LogP contribution in [0.5, 0.6) is 0 Å². The number of aromatic nitrogens is 1. The summed E-state index contributed by atoms with van der Waals surface area (Å²) in [5.74, 6) is 0.608. The van der Waals surface area contributed by atoms with Crippen molar-refractivity contribution in [2.75, 3.05) is 7.05 Å². The molecule has 0 aromatic carbocycles. The first-order valence-corrected chi connectivity index (χ1v) is 6.08. The second-order valence-corrected chi connectivity index (χ2v) is 3.84. The zero-order valence-corrected chi connectivity index (χ0v) is 13.4. The largest absolute Gasteiger partial charge is 0.431 e. The van der Waals surface area contributed by atoms with Crippen molar-refractivity contribution >= 4 is 11.3 Å². The molecule has 1 aliphatic carbocycles. The van der Waals surface area contributed by atoms with Gasteiger partial charge in [0.25, 0.3) is 0 Å². The zero-order chi connectivity index (χ0) is 10.4. The monoisotopic (exact) mass is 299 g/mol. The van der Waals surface area contributed by atoms with Gasteiger partial charge in [0.2, 0.25) is 0 Å². The van der Waals surface area contributed by atoms with Crippen LogP contribution < -0.4 is 4.80 Å². The van der Waals surface area contributed by atoms with Crippen LogP contribution in [0.3, 0.4) is 0 Å². The molecule has 1 saturated carbocycles. The summed E-state index contributed by atoms with van der Waals surface area (Å²) in [6, 6.07) is 0. The SMILES string of the molecule is CC.CN=c1[nH]c(C2[CH-]CCC2)[c-]s1.[Y]. The summed E-state index contributed by atoms with van der Waals surface area (Å²) in [6.07, 6.45) is 6.21.